The summed E-state index contributed by atoms with van der Waals surface area (Å²) in [7, 11) is 0. The Labute approximate surface area is 124 Å². The van der Waals surface area contributed by atoms with Gasteiger partial charge in [0.1, 0.15) is 6.33 Å². The van der Waals surface area contributed by atoms with E-state index in [0.717, 1.165) is 35.8 Å². The maximum atomic E-state index is 4.50. The molecular weight excluding hydrogens is 262 g/mol. The number of rotatable bonds is 4. The summed E-state index contributed by atoms with van der Waals surface area (Å²) in [6, 6.07) is 8.42. The molecule has 1 aromatic carbocycles. The van der Waals surface area contributed by atoms with E-state index in [-0.39, 0.29) is 0 Å². The maximum absolute atomic E-state index is 4.50. The minimum Gasteiger partial charge on any atom is -0.325 e. The van der Waals surface area contributed by atoms with Crippen molar-refractivity contribution in [2.24, 2.45) is 0 Å². The van der Waals surface area contributed by atoms with E-state index in [2.05, 4.69) is 64.9 Å². The number of fused-ring (bicyclic) bond motifs is 1. The summed E-state index contributed by atoms with van der Waals surface area (Å²) < 4.78 is 2.03. The fraction of sp³-hybridized carbons (Fsp3) is 0.312. The van der Waals surface area contributed by atoms with Crippen LogP contribution in [-0.2, 0) is 6.54 Å². The topological polar surface area (TPSA) is 46.8 Å². The molecule has 0 saturated carbocycles. The molecule has 0 unspecified atom stereocenters. The van der Waals surface area contributed by atoms with Crippen LogP contribution in [0.2, 0.25) is 0 Å². The predicted molar refractivity (Wildman–Crippen MR) is 84.9 cm³/mol. The molecule has 2 heterocycles. The summed E-state index contributed by atoms with van der Waals surface area (Å²) in [5.41, 5.74) is 4.09. The number of imidazole rings is 1. The van der Waals surface area contributed by atoms with Gasteiger partial charge in [0.05, 0.1) is 6.33 Å². The Hall–Kier alpha value is -2.43. The van der Waals surface area contributed by atoms with Crippen LogP contribution in [0.25, 0.3) is 11.2 Å². The van der Waals surface area contributed by atoms with Crippen LogP contribution >= 0.6 is 0 Å². The van der Waals surface area contributed by atoms with Crippen LogP contribution < -0.4 is 4.90 Å². The number of anilines is 2. The van der Waals surface area contributed by atoms with Crippen molar-refractivity contribution in [1.82, 2.24) is 19.5 Å². The van der Waals surface area contributed by atoms with E-state index in [1.54, 1.807) is 6.33 Å². The Bertz CT molecular complexity index is 762. The van der Waals surface area contributed by atoms with Gasteiger partial charge in [0.2, 0.25) is 0 Å². The third-order valence-corrected chi connectivity index (χ3v) is 3.61. The number of hydrogen-bond acceptors (Lipinski definition) is 4. The first-order valence-corrected chi connectivity index (χ1v) is 7.24. The first-order chi connectivity index (χ1) is 10.2. The van der Waals surface area contributed by atoms with E-state index in [9.17, 15) is 0 Å². The number of benzene rings is 1. The SMILES string of the molecule is CCN(c1cccc(C)c1)c1ncnc2c1ncn2CC. The Morgan fingerprint density at radius 3 is 2.71 bits per heavy atom. The summed E-state index contributed by atoms with van der Waals surface area (Å²) in [5, 5.41) is 0. The second kappa shape index (κ2) is 5.52. The van der Waals surface area contributed by atoms with Crippen molar-refractivity contribution in [2.75, 3.05) is 11.4 Å². The van der Waals surface area contributed by atoms with Crippen LogP contribution in [-0.4, -0.2) is 26.1 Å². The van der Waals surface area contributed by atoms with E-state index in [0.29, 0.717) is 0 Å². The molecule has 0 N–H and O–H groups in total. The van der Waals surface area contributed by atoms with Gasteiger partial charge in [-0.3, -0.25) is 0 Å². The van der Waals surface area contributed by atoms with Crippen LogP contribution in [0, 0.1) is 6.92 Å². The minimum atomic E-state index is 0.828. The van der Waals surface area contributed by atoms with Crippen LogP contribution in [0.15, 0.2) is 36.9 Å². The van der Waals surface area contributed by atoms with Gasteiger partial charge in [0.15, 0.2) is 17.0 Å². The van der Waals surface area contributed by atoms with Crippen LogP contribution in [0.3, 0.4) is 0 Å². The van der Waals surface area contributed by atoms with E-state index in [1.807, 2.05) is 10.9 Å². The Morgan fingerprint density at radius 1 is 1.14 bits per heavy atom. The van der Waals surface area contributed by atoms with Gasteiger partial charge in [-0.25, -0.2) is 15.0 Å². The van der Waals surface area contributed by atoms with Gasteiger partial charge in [-0.15, -0.1) is 0 Å². The van der Waals surface area contributed by atoms with E-state index in [4.69, 9.17) is 0 Å². The lowest BCUT2D eigenvalue weighted by molar-refractivity contribution is 0.777. The number of aryl methyl sites for hydroxylation is 2. The van der Waals surface area contributed by atoms with E-state index in [1.165, 1.54) is 5.56 Å². The van der Waals surface area contributed by atoms with Crippen LogP contribution in [0.5, 0.6) is 0 Å². The first-order valence-electron chi connectivity index (χ1n) is 7.24. The Morgan fingerprint density at radius 2 is 2.00 bits per heavy atom. The number of hydrogen-bond donors (Lipinski definition) is 0. The van der Waals surface area contributed by atoms with Crippen LogP contribution in [0.1, 0.15) is 19.4 Å². The number of aromatic nitrogens is 4. The lowest BCUT2D eigenvalue weighted by atomic mass is 10.2. The van der Waals surface area contributed by atoms with Crippen molar-refractivity contribution in [3.05, 3.63) is 42.5 Å². The molecule has 5 heteroatoms. The van der Waals surface area contributed by atoms with Gasteiger partial charge in [-0.2, -0.15) is 0 Å². The molecule has 5 nitrogen and oxygen atoms in total. The zero-order valence-corrected chi connectivity index (χ0v) is 12.6. The van der Waals surface area contributed by atoms with Gasteiger partial charge < -0.3 is 9.47 Å². The highest BCUT2D eigenvalue weighted by Gasteiger charge is 2.16. The normalized spacial score (nSPS) is 11.0. The largest absolute Gasteiger partial charge is 0.325 e. The van der Waals surface area contributed by atoms with E-state index < -0.39 is 0 Å². The smallest absolute Gasteiger partial charge is 0.165 e. The second-order valence-electron chi connectivity index (χ2n) is 4.98. The molecule has 0 radical (unpaired) electrons. The van der Waals surface area contributed by atoms with Crippen molar-refractivity contribution in [1.29, 1.82) is 0 Å². The minimum absolute atomic E-state index is 0.828. The Balaban J connectivity index is 2.15. The molecule has 0 spiro atoms. The quantitative estimate of drug-likeness (QED) is 0.736. The zero-order valence-electron chi connectivity index (χ0n) is 12.6. The fourth-order valence-electron chi connectivity index (χ4n) is 2.55. The summed E-state index contributed by atoms with van der Waals surface area (Å²) >= 11 is 0. The molecule has 3 aromatic rings. The standard InChI is InChI=1S/C16H19N5/c1-4-20-11-19-14-15(20)17-10-18-16(14)21(5-2)13-8-6-7-12(3)9-13/h6-11H,4-5H2,1-3H3. The summed E-state index contributed by atoms with van der Waals surface area (Å²) in [6.07, 6.45) is 3.44. The third kappa shape index (κ3) is 2.35. The van der Waals surface area contributed by atoms with E-state index >= 15 is 0 Å². The molecule has 3 rings (SSSR count). The van der Waals surface area contributed by atoms with Crippen molar-refractivity contribution in [3.63, 3.8) is 0 Å². The van der Waals surface area contributed by atoms with Gasteiger partial charge >= 0.3 is 0 Å². The summed E-state index contributed by atoms with van der Waals surface area (Å²) in [6.45, 7) is 7.98. The lowest BCUT2D eigenvalue weighted by Crippen LogP contribution is -2.18. The maximum Gasteiger partial charge on any atom is 0.165 e. The Kier molecular flexibility index (Phi) is 3.56. The van der Waals surface area contributed by atoms with Crippen LogP contribution in [0.4, 0.5) is 11.5 Å². The molecule has 0 aliphatic rings. The molecule has 0 aliphatic heterocycles. The highest BCUT2D eigenvalue weighted by atomic mass is 15.2. The number of nitrogens with zero attached hydrogens (tertiary/aromatic N) is 5. The molecule has 2 aromatic heterocycles. The molecule has 0 atom stereocenters. The molecule has 108 valence electrons. The lowest BCUT2D eigenvalue weighted by Gasteiger charge is -2.22. The first kappa shape index (κ1) is 13.5. The van der Waals surface area contributed by atoms with Gasteiger partial charge in [0, 0.05) is 18.8 Å². The predicted octanol–water partition coefficient (Wildman–Crippen LogP) is 3.31. The zero-order chi connectivity index (χ0) is 14.8. The second-order valence-corrected chi connectivity index (χ2v) is 4.98. The molecular formula is C16H19N5. The highest BCUT2D eigenvalue weighted by Crippen LogP contribution is 2.28. The molecule has 0 bridgehead atoms. The molecule has 0 fully saturated rings. The van der Waals surface area contributed by atoms with Crippen molar-refractivity contribution >= 4 is 22.7 Å². The van der Waals surface area contributed by atoms with Crippen molar-refractivity contribution in [3.8, 4) is 0 Å². The average molecular weight is 281 g/mol. The molecule has 0 saturated heterocycles. The molecule has 21 heavy (non-hydrogen) atoms. The fourth-order valence-corrected chi connectivity index (χ4v) is 2.55. The van der Waals surface area contributed by atoms with Gasteiger partial charge in [0.25, 0.3) is 0 Å². The third-order valence-electron chi connectivity index (χ3n) is 3.61. The van der Waals surface area contributed by atoms with Crippen molar-refractivity contribution < 1.29 is 0 Å². The van der Waals surface area contributed by atoms with Gasteiger partial charge in [-0.05, 0) is 38.5 Å². The monoisotopic (exact) mass is 281 g/mol. The average Bonchev–Trinajstić information content (AvgIpc) is 2.92. The molecule has 0 amide bonds. The molecule has 0 aliphatic carbocycles. The summed E-state index contributed by atoms with van der Waals surface area (Å²) in [4.78, 5) is 15.5. The van der Waals surface area contributed by atoms with Crippen molar-refractivity contribution in [2.45, 2.75) is 27.3 Å². The summed E-state index contributed by atoms with van der Waals surface area (Å²) in [5.74, 6) is 0.861. The van der Waals surface area contributed by atoms with Gasteiger partial charge in [-0.1, -0.05) is 12.1 Å². The highest BCUT2D eigenvalue weighted by molar-refractivity contribution is 5.86.